The number of methoxy groups -OCH3 is 1. The summed E-state index contributed by atoms with van der Waals surface area (Å²) < 4.78 is 6.93. The molecule has 0 radical (unpaired) electrons. The molecule has 5 heteroatoms. The minimum absolute atomic E-state index is 0.461. The summed E-state index contributed by atoms with van der Waals surface area (Å²) in [4.78, 5) is 0. The van der Waals surface area contributed by atoms with E-state index < -0.39 is 0 Å². The Bertz CT molecular complexity index is 522. The number of nitrogens with two attached hydrogens (primary N) is 1. The molecule has 0 saturated heterocycles. The molecule has 0 aliphatic rings. The van der Waals surface area contributed by atoms with Crippen LogP contribution in [-0.4, -0.2) is 16.9 Å². The number of nitrogens with zero attached hydrogens (tertiary/aromatic N) is 2. The highest BCUT2D eigenvalue weighted by Gasteiger charge is 2.12. The van der Waals surface area contributed by atoms with Gasteiger partial charge in [-0.2, -0.15) is 5.10 Å². The van der Waals surface area contributed by atoms with Gasteiger partial charge in [-0.25, -0.2) is 0 Å². The fourth-order valence-electron chi connectivity index (χ4n) is 1.60. The van der Waals surface area contributed by atoms with Gasteiger partial charge in [0.05, 0.1) is 7.11 Å². The maximum atomic E-state index is 5.96. The van der Waals surface area contributed by atoms with Crippen molar-refractivity contribution in [2.45, 2.75) is 0 Å². The van der Waals surface area contributed by atoms with E-state index in [2.05, 4.69) is 5.10 Å². The zero-order valence-corrected chi connectivity index (χ0v) is 9.82. The Balaban J connectivity index is 2.62. The minimum atomic E-state index is 0.461. The number of hydrogen-bond donors (Lipinski definition) is 1. The van der Waals surface area contributed by atoms with Crippen LogP contribution in [0.2, 0.25) is 5.02 Å². The van der Waals surface area contributed by atoms with Crippen LogP contribution >= 0.6 is 11.6 Å². The van der Waals surface area contributed by atoms with Gasteiger partial charge in [-0.1, -0.05) is 11.6 Å². The summed E-state index contributed by atoms with van der Waals surface area (Å²) in [6, 6.07) is 5.40. The fraction of sp³-hybridized carbons (Fsp3) is 0.182. The van der Waals surface area contributed by atoms with Gasteiger partial charge in [0.25, 0.3) is 0 Å². The Morgan fingerprint density at radius 1 is 1.38 bits per heavy atom. The van der Waals surface area contributed by atoms with Crippen molar-refractivity contribution >= 4 is 17.4 Å². The first-order chi connectivity index (χ1) is 7.61. The Morgan fingerprint density at radius 2 is 2.12 bits per heavy atom. The standard InChI is InChI=1S/C11H12ClN3O/c1-15-6-9(11(13)14-15)8-5-7(12)3-4-10(8)16-2/h3-6H,1-2H3,(H2,13,14). The second-order valence-electron chi connectivity index (χ2n) is 3.45. The quantitative estimate of drug-likeness (QED) is 0.872. The molecule has 0 atom stereocenters. The summed E-state index contributed by atoms with van der Waals surface area (Å²) in [6.07, 6.45) is 1.84. The van der Waals surface area contributed by atoms with Crippen LogP contribution in [0.25, 0.3) is 11.1 Å². The summed E-state index contributed by atoms with van der Waals surface area (Å²) in [5.74, 6) is 1.19. The van der Waals surface area contributed by atoms with Crippen LogP contribution < -0.4 is 10.5 Å². The average molecular weight is 238 g/mol. The zero-order valence-electron chi connectivity index (χ0n) is 9.07. The van der Waals surface area contributed by atoms with Crippen molar-refractivity contribution in [3.05, 3.63) is 29.4 Å². The summed E-state index contributed by atoms with van der Waals surface area (Å²) in [5, 5.41) is 4.73. The molecule has 1 aromatic carbocycles. The smallest absolute Gasteiger partial charge is 0.153 e. The molecule has 84 valence electrons. The number of nitrogen functional groups attached to an aromatic ring is 1. The molecule has 1 heterocycles. The predicted octanol–water partition coefficient (Wildman–Crippen LogP) is 2.33. The maximum absolute atomic E-state index is 5.96. The molecule has 16 heavy (non-hydrogen) atoms. The van der Waals surface area contributed by atoms with E-state index in [4.69, 9.17) is 22.1 Å². The van der Waals surface area contributed by atoms with Crippen LogP contribution in [0.1, 0.15) is 0 Å². The number of rotatable bonds is 2. The Hall–Kier alpha value is -1.68. The van der Waals surface area contributed by atoms with Crippen molar-refractivity contribution in [2.75, 3.05) is 12.8 Å². The van der Waals surface area contributed by atoms with Gasteiger partial charge in [-0.3, -0.25) is 4.68 Å². The van der Waals surface area contributed by atoms with Crippen molar-refractivity contribution in [3.63, 3.8) is 0 Å². The van der Waals surface area contributed by atoms with Crippen molar-refractivity contribution in [1.29, 1.82) is 0 Å². The lowest BCUT2D eigenvalue weighted by Crippen LogP contribution is -1.92. The SMILES string of the molecule is COc1ccc(Cl)cc1-c1cn(C)nc1N. The normalized spacial score (nSPS) is 10.4. The largest absolute Gasteiger partial charge is 0.496 e. The van der Waals surface area contributed by atoms with Crippen LogP contribution in [-0.2, 0) is 7.05 Å². The Labute approximate surface area is 98.6 Å². The number of anilines is 1. The molecule has 2 aromatic rings. The third-order valence-corrected chi connectivity index (χ3v) is 2.54. The van der Waals surface area contributed by atoms with Gasteiger partial charge in [0.1, 0.15) is 5.75 Å². The van der Waals surface area contributed by atoms with Crippen molar-refractivity contribution in [3.8, 4) is 16.9 Å². The monoisotopic (exact) mass is 237 g/mol. The molecule has 0 aliphatic heterocycles. The van der Waals surface area contributed by atoms with Gasteiger partial charge < -0.3 is 10.5 Å². The predicted molar refractivity (Wildman–Crippen MR) is 64.6 cm³/mol. The molecule has 0 unspecified atom stereocenters. The van der Waals surface area contributed by atoms with Gasteiger partial charge in [0.15, 0.2) is 5.82 Å². The van der Waals surface area contributed by atoms with Crippen LogP contribution in [0.5, 0.6) is 5.75 Å². The topological polar surface area (TPSA) is 53.1 Å². The number of halogens is 1. The average Bonchev–Trinajstić information content (AvgIpc) is 2.57. The number of benzene rings is 1. The molecule has 0 saturated carbocycles. The summed E-state index contributed by atoms with van der Waals surface area (Å²) >= 11 is 5.96. The summed E-state index contributed by atoms with van der Waals surface area (Å²) in [6.45, 7) is 0. The third-order valence-electron chi connectivity index (χ3n) is 2.31. The first kappa shape index (κ1) is 10.8. The fourth-order valence-corrected chi connectivity index (χ4v) is 1.78. The molecular formula is C11H12ClN3O. The molecular weight excluding hydrogens is 226 g/mol. The zero-order chi connectivity index (χ0) is 11.7. The van der Waals surface area contributed by atoms with Gasteiger partial charge >= 0.3 is 0 Å². The highest BCUT2D eigenvalue weighted by Crippen LogP contribution is 2.34. The van der Waals surface area contributed by atoms with Crippen LogP contribution in [0.4, 0.5) is 5.82 Å². The lowest BCUT2D eigenvalue weighted by Gasteiger charge is -2.07. The van der Waals surface area contributed by atoms with E-state index in [1.54, 1.807) is 17.9 Å². The molecule has 4 nitrogen and oxygen atoms in total. The third kappa shape index (κ3) is 1.84. The number of aryl methyl sites for hydroxylation is 1. The van der Waals surface area contributed by atoms with Crippen LogP contribution in [0.3, 0.4) is 0 Å². The van der Waals surface area contributed by atoms with Crippen molar-refractivity contribution in [1.82, 2.24) is 9.78 Å². The first-order valence-corrected chi connectivity index (χ1v) is 5.12. The lowest BCUT2D eigenvalue weighted by molar-refractivity contribution is 0.416. The van der Waals surface area contributed by atoms with E-state index in [-0.39, 0.29) is 0 Å². The van der Waals surface area contributed by atoms with Crippen LogP contribution in [0, 0.1) is 0 Å². The maximum Gasteiger partial charge on any atom is 0.153 e. The van der Waals surface area contributed by atoms with Crippen molar-refractivity contribution < 1.29 is 4.74 Å². The van der Waals surface area contributed by atoms with Gasteiger partial charge in [-0.05, 0) is 18.2 Å². The van der Waals surface area contributed by atoms with Gasteiger partial charge in [0, 0.05) is 29.4 Å². The number of aromatic nitrogens is 2. The molecule has 1 aromatic heterocycles. The lowest BCUT2D eigenvalue weighted by atomic mass is 10.1. The van der Waals surface area contributed by atoms with E-state index in [1.807, 2.05) is 25.4 Å². The summed E-state index contributed by atoms with van der Waals surface area (Å²) in [7, 11) is 3.43. The molecule has 2 N–H and O–H groups in total. The first-order valence-electron chi connectivity index (χ1n) is 4.75. The Morgan fingerprint density at radius 3 is 2.69 bits per heavy atom. The van der Waals surface area contributed by atoms with E-state index in [1.165, 1.54) is 0 Å². The number of ether oxygens (including phenoxy) is 1. The minimum Gasteiger partial charge on any atom is -0.496 e. The van der Waals surface area contributed by atoms with E-state index in [0.717, 1.165) is 16.9 Å². The highest BCUT2D eigenvalue weighted by molar-refractivity contribution is 6.31. The molecule has 0 bridgehead atoms. The molecule has 2 rings (SSSR count). The van der Waals surface area contributed by atoms with Gasteiger partial charge in [0.2, 0.25) is 0 Å². The van der Waals surface area contributed by atoms with E-state index >= 15 is 0 Å². The van der Waals surface area contributed by atoms with Crippen LogP contribution in [0.15, 0.2) is 24.4 Å². The second-order valence-corrected chi connectivity index (χ2v) is 3.88. The Kier molecular flexibility index (Phi) is 2.75. The highest BCUT2D eigenvalue weighted by atomic mass is 35.5. The molecule has 0 spiro atoms. The molecule has 0 fully saturated rings. The summed E-state index contributed by atoms with van der Waals surface area (Å²) in [5.41, 5.74) is 7.49. The second kappa shape index (κ2) is 4.06. The van der Waals surface area contributed by atoms with Crippen molar-refractivity contribution in [2.24, 2.45) is 7.05 Å². The molecule has 0 aliphatic carbocycles. The van der Waals surface area contributed by atoms with Gasteiger partial charge in [-0.15, -0.1) is 0 Å². The van der Waals surface area contributed by atoms with E-state index in [9.17, 15) is 0 Å². The van der Waals surface area contributed by atoms with E-state index in [0.29, 0.717) is 10.8 Å². The number of hydrogen-bond acceptors (Lipinski definition) is 3. The molecule has 0 amide bonds.